The van der Waals surface area contributed by atoms with Gasteiger partial charge in [-0.05, 0) is 59.2 Å². The zero-order valence-electron chi connectivity index (χ0n) is 27.4. The van der Waals surface area contributed by atoms with Gasteiger partial charge in [0.2, 0.25) is 5.95 Å². The average Bonchev–Trinajstić information content (AvgIpc) is 3.85. The van der Waals surface area contributed by atoms with Crippen LogP contribution in [0.3, 0.4) is 0 Å². The molecule has 51 heavy (non-hydrogen) atoms. The molecular weight excluding hydrogens is 641 g/mol. The first kappa shape index (κ1) is 28.3. The number of para-hydroxylation sites is 4. The van der Waals surface area contributed by atoms with Gasteiger partial charge >= 0.3 is 0 Å². The van der Waals surface area contributed by atoms with Crippen LogP contribution in [-0.2, 0) is 0 Å². The summed E-state index contributed by atoms with van der Waals surface area (Å²) in [6, 6.07) is 58.7. The van der Waals surface area contributed by atoms with Crippen LogP contribution in [0.15, 0.2) is 170 Å². The van der Waals surface area contributed by atoms with Crippen molar-refractivity contribution in [2.45, 2.75) is 0 Å². The van der Waals surface area contributed by atoms with Gasteiger partial charge in [0.05, 0.1) is 38.5 Å². The number of fused-ring (bicyclic) bond motifs is 9. The zero-order chi connectivity index (χ0) is 33.5. The molecule has 0 radical (unpaired) electrons. The lowest BCUT2D eigenvalue weighted by Crippen LogP contribution is -2.01. The van der Waals surface area contributed by atoms with Crippen molar-refractivity contribution in [1.82, 2.24) is 19.1 Å². The minimum Gasteiger partial charge on any atom is -0.309 e. The molecule has 0 atom stereocenters. The number of aromatic nitrogens is 4. The molecule has 0 saturated heterocycles. The van der Waals surface area contributed by atoms with Gasteiger partial charge in [0, 0.05) is 42.9 Å². The highest BCUT2D eigenvalue weighted by atomic mass is 32.1. The average molecular weight is 669 g/mol. The van der Waals surface area contributed by atoms with E-state index in [4.69, 9.17) is 9.97 Å². The molecule has 4 heterocycles. The topological polar surface area (TPSA) is 35.6 Å². The van der Waals surface area contributed by atoms with E-state index in [2.05, 4.69) is 173 Å². The zero-order valence-corrected chi connectivity index (χ0v) is 28.2. The van der Waals surface area contributed by atoms with Gasteiger partial charge in [-0.2, -0.15) is 0 Å². The fraction of sp³-hybridized carbons (Fsp3) is 0. The molecule has 0 saturated carbocycles. The summed E-state index contributed by atoms with van der Waals surface area (Å²) in [5.41, 5.74) is 11.4. The lowest BCUT2D eigenvalue weighted by molar-refractivity contribution is 1.01. The third kappa shape index (κ3) is 4.25. The molecule has 0 aliphatic carbocycles. The summed E-state index contributed by atoms with van der Waals surface area (Å²) in [4.78, 5) is 10.4. The van der Waals surface area contributed by atoms with Crippen molar-refractivity contribution in [3.8, 4) is 33.9 Å². The molecule has 11 aromatic rings. The van der Waals surface area contributed by atoms with E-state index in [-0.39, 0.29) is 0 Å². The molecule has 0 aliphatic heterocycles. The molecule has 7 aromatic carbocycles. The molecule has 0 fully saturated rings. The van der Waals surface area contributed by atoms with Crippen molar-refractivity contribution >= 4 is 75.3 Å². The van der Waals surface area contributed by atoms with Crippen LogP contribution in [0.25, 0.3) is 97.8 Å². The highest BCUT2D eigenvalue weighted by Gasteiger charge is 2.19. The summed E-state index contributed by atoms with van der Waals surface area (Å²) >= 11 is 1.74. The van der Waals surface area contributed by atoms with Crippen molar-refractivity contribution in [3.05, 3.63) is 170 Å². The monoisotopic (exact) mass is 668 g/mol. The maximum Gasteiger partial charge on any atom is 0.235 e. The van der Waals surface area contributed by atoms with Gasteiger partial charge in [0.1, 0.15) is 0 Å². The molecule has 0 aliphatic rings. The lowest BCUT2D eigenvalue weighted by Gasteiger charge is -2.11. The number of nitrogens with zero attached hydrogens (tertiary/aromatic N) is 4. The Balaban J connectivity index is 1.10. The highest BCUT2D eigenvalue weighted by molar-refractivity contribution is 7.25. The Morgan fingerprint density at radius 2 is 1.04 bits per heavy atom. The second kappa shape index (κ2) is 11.0. The Labute approximate surface area is 297 Å². The fourth-order valence-electron chi connectivity index (χ4n) is 7.94. The van der Waals surface area contributed by atoms with Gasteiger partial charge in [-0.1, -0.05) is 121 Å². The maximum absolute atomic E-state index is 5.36. The van der Waals surface area contributed by atoms with Crippen LogP contribution in [-0.4, -0.2) is 19.1 Å². The summed E-state index contributed by atoms with van der Waals surface area (Å²) < 4.78 is 6.90. The summed E-state index contributed by atoms with van der Waals surface area (Å²) in [5, 5.41) is 6.05. The molecule has 0 bridgehead atoms. The van der Waals surface area contributed by atoms with Crippen molar-refractivity contribution in [1.29, 1.82) is 0 Å². The Morgan fingerprint density at radius 1 is 0.431 bits per heavy atom. The van der Waals surface area contributed by atoms with Crippen LogP contribution in [0.4, 0.5) is 0 Å². The van der Waals surface area contributed by atoms with Crippen molar-refractivity contribution in [2.24, 2.45) is 0 Å². The SMILES string of the molecule is c1ccc(-c2cccc3c4ccccc4n(-c4ncc5sc6ccc(-c7cccc(-n8c9ccccc9c9ccccc98)c7)cc6c5n4)c23)cc1. The number of hydrogen-bond donors (Lipinski definition) is 0. The Morgan fingerprint density at radius 3 is 1.80 bits per heavy atom. The standard InChI is InChI=1S/C46H28N4S/c1-2-12-29(13-3-1)33-19-11-20-37-36-18-6-9-23-41(36)50(45(33)37)46-47-28-43-44(48-46)38-27-31(24-25-42(38)51-43)30-14-10-15-32(26-30)49-39-21-7-4-16-34(39)35-17-5-8-22-40(35)49/h1-28H. The third-order valence-electron chi connectivity index (χ3n) is 10.2. The van der Waals surface area contributed by atoms with Crippen LogP contribution < -0.4 is 0 Å². The summed E-state index contributed by atoms with van der Waals surface area (Å²) in [7, 11) is 0. The molecule has 0 N–H and O–H groups in total. The molecule has 0 amide bonds. The molecule has 4 aromatic heterocycles. The van der Waals surface area contributed by atoms with E-state index in [9.17, 15) is 0 Å². The van der Waals surface area contributed by atoms with Crippen LogP contribution in [0.1, 0.15) is 0 Å². The van der Waals surface area contributed by atoms with Gasteiger partial charge < -0.3 is 4.57 Å². The minimum atomic E-state index is 0.676. The minimum absolute atomic E-state index is 0.676. The van der Waals surface area contributed by atoms with E-state index in [0.717, 1.165) is 43.5 Å². The van der Waals surface area contributed by atoms with Crippen LogP contribution in [0.2, 0.25) is 0 Å². The van der Waals surface area contributed by atoms with Gasteiger partial charge in [-0.3, -0.25) is 4.57 Å². The molecule has 238 valence electrons. The molecule has 0 unspecified atom stereocenters. The van der Waals surface area contributed by atoms with Gasteiger partial charge in [0.15, 0.2) is 0 Å². The highest BCUT2D eigenvalue weighted by Crippen LogP contribution is 2.40. The van der Waals surface area contributed by atoms with Gasteiger partial charge in [0.25, 0.3) is 0 Å². The summed E-state index contributed by atoms with van der Waals surface area (Å²) in [6.07, 6.45) is 2.00. The van der Waals surface area contributed by atoms with Crippen molar-refractivity contribution < 1.29 is 0 Å². The maximum atomic E-state index is 5.36. The Hall–Kier alpha value is -6.56. The quantitative estimate of drug-likeness (QED) is 0.187. The van der Waals surface area contributed by atoms with Crippen molar-refractivity contribution in [2.75, 3.05) is 0 Å². The van der Waals surface area contributed by atoms with Crippen LogP contribution in [0, 0.1) is 0 Å². The largest absolute Gasteiger partial charge is 0.309 e. The smallest absolute Gasteiger partial charge is 0.235 e. The molecule has 11 rings (SSSR count). The van der Waals surface area contributed by atoms with E-state index in [1.165, 1.54) is 48.4 Å². The second-order valence-electron chi connectivity index (χ2n) is 13.0. The first-order valence-electron chi connectivity index (χ1n) is 17.2. The van der Waals surface area contributed by atoms with E-state index >= 15 is 0 Å². The molecule has 0 spiro atoms. The van der Waals surface area contributed by atoms with E-state index < -0.39 is 0 Å². The first-order chi connectivity index (χ1) is 25.3. The summed E-state index contributed by atoms with van der Waals surface area (Å²) in [5.74, 6) is 0.676. The number of rotatable bonds is 4. The second-order valence-corrected chi connectivity index (χ2v) is 14.1. The normalized spacial score (nSPS) is 11.9. The van der Waals surface area contributed by atoms with Crippen LogP contribution >= 0.6 is 11.3 Å². The van der Waals surface area contributed by atoms with E-state index in [1.807, 2.05) is 6.20 Å². The van der Waals surface area contributed by atoms with E-state index in [0.29, 0.717) is 5.95 Å². The van der Waals surface area contributed by atoms with Gasteiger partial charge in [-0.25, -0.2) is 9.97 Å². The third-order valence-corrected chi connectivity index (χ3v) is 11.3. The lowest BCUT2D eigenvalue weighted by atomic mass is 10.0. The molecule has 4 nitrogen and oxygen atoms in total. The summed E-state index contributed by atoms with van der Waals surface area (Å²) in [6.45, 7) is 0. The molecule has 5 heteroatoms. The number of hydrogen-bond acceptors (Lipinski definition) is 3. The number of thiophene rings is 1. The molecular formula is C46H28N4S. The first-order valence-corrected chi connectivity index (χ1v) is 18.0. The Kier molecular flexibility index (Phi) is 6.09. The predicted molar refractivity (Wildman–Crippen MR) is 214 cm³/mol. The van der Waals surface area contributed by atoms with Crippen LogP contribution in [0.5, 0.6) is 0 Å². The van der Waals surface area contributed by atoms with Gasteiger partial charge in [-0.15, -0.1) is 11.3 Å². The van der Waals surface area contributed by atoms with Crippen molar-refractivity contribution in [3.63, 3.8) is 0 Å². The fourth-order valence-corrected chi connectivity index (χ4v) is 8.94. The Bertz CT molecular complexity index is 3090. The predicted octanol–water partition coefficient (Wildman–Crippen LogP) is 12.4. The number of benzene rings is 7. The van der Waals surface area contributed by atoms with E-state index in [1.54, 1.807) is 11.3 Å².